The average molecular weight is 477 g/mol. The Bertz CT molecular complexity index is 852. The number of hydrogen-bond acceptors (Lipinski definition) is 2. The first-order valence-electron chi connectivity index (χ1n) is 6.76. The molecule has 0 saturated heterocycles. The van der Waals surface area contributed by atoms with Gasteiger partial charge in [-0.25, -0.2) is 0 Å². The Morgan fingerprint density at radius 2 is 1.08 bits per heavy atom. The minimum absolute atomic E-state index is 0.00980. The smallest absolute Gasteiger partial charge is 0.326 e. The molecule has 10 heteroatoms. The van der Waals surface area contributed by atoms with Crippen LogP contribution in [0.25, 0.3) is 0 Å². The Kier molecular flexibility index (Phi) is 6.60. The third-order valence-electron chi connectivity index (χ3n) is 3.71. The van der Waals surface area contributed by atoms with Crippen molar-refractivity contribution in [1.29, 1.82) is 0 Å². The average Bonchev–Trinajstić information content (AvgIpc) is 2.47. The van der Waals surface area contributed by atoms with Gasteiger partial charge >= 0.3 is 11.9 Å². The molecule has 4 nitrogen and oxygen atoms in total. The van der Waals surface area contributed by atoms with Crippen LogP contribution < -0.4 is 0 Å². The van der Waals surface area contributed by atoms with Crippen molar-refractivity contribution >= 4 is 81.5 Å². The Balaban J connectivity index is 2.82. The largest absolute Gasteiger partial charge is 0.480 e. The van der Waals surface area contributed by atoms with Gasteiger partial charge in [-0.15, -0.1) is 0 Å². The summed E-state index contributed by atoms with van der Waals surface area (Å²) in [5.74, 6) is -3.39. The predicted octanol–water partition coefficient (Wildman–Crippen LogP) is 6.26. The minimum atomic E-state index is -2.56. The van der Waals surface area contributed by atoms with Crippen LogP contribution in [0.3, 0.4) is 0 Å². The fourth-order valence-electron chi connectivity index (χ4n) is 2.50. The molecule has 0 saturated carbocycles. The third kappa shape index (κ3) is 3.86. The van der Waals surface area contributed by atoms with Crippen LogP contribution in [0.5, 0.6) is 0 Å². The molecule has 2 aromatic carbocycles. The van der Waals surface area contributed by atoms with Gasteiger partial charge in [-0.05, 0) is 29.8 Å². The van der Waals surface area contributed by atoms with Gasteiger partial charge in [0, 0.05) is 42.1 Å². The highest BCUT2D eigenvalue weighted by Crippen LogP contribution is 2.43. The van der Waals surface area contributed by atoms with Crippen molar-refractivity contribution in [2.75, 3.05) is 0 Å². The summed E-state index contributed by atoms with van der Waals surface area (Å²) in [5, 5.41) is 19.6. The summed E-state index contributed by atoms with van der Waals surface area (Å²) in [6.07, 6.45) is -0.617. The van der Waals surface area contributed by atoms with Crippen LogP contribution in [0.15, 0.2) is 24.3 Å². The van der Waals surface area contributed by atoms with Crippen molar-refractivity contribution in [3.63, 3.8) is 0 Å². The SMILES string of the molecule is O=C(O)C(Cc1c(Cl)cc(Cl)cc1Cl)(C(=O)O)c1c(Cl)cc(Cl)cc1Cl. The molecule has 0 atom stereocenters. The van der Waals surface area contributed by atoms with Crippen molar-refractivity contribution in [2.45, 2.75) is 11.8 Å². The van der Waals surface area contributed by atoms with Gasteiger partial charge in [-0.1, -0.05) is 69.6 Å². The summed E-state index contributed by atoms with van der Waals surface area (Å²) >= 11 is 36.1. The highest BCUT2D eigenvalue weighted by atomic mass is 35.5. The van der Waals surface area contributed by atoms with E-state index in [1.165, 1.54) is 24.3 Å². The van der Waals surface area contributed by atoms with E-state index in [4.69, 9.17) is 69.6 Å². The molecule has 0 fully saturated rings. The first-order valence-corrected chi connectivity index (χ1v) is 9.02. The van der Waals surface area contributed by atoms with Gasteiger partial charge in [-0.3, -0.25) is 9.59 Å². The maximum atomic E-state index is 12.1. The van der Waals surface area contributed by atoms with E-state index >= 15 is 0 Å². The molecule has 0 radical (unpaired) electrons. The van der Waals surface area contributed by atoms with Crippen molar-refractivity contribution in [3.8, 4) is 0 Å². The summed E-state index contributed by atoms with van der Waals surface area (Å²) in [7, 11) is 0. The molecule has 2 aromatic rings. The summed E-state index contributed by atoms with van der Waals surface area (Å²) < 4.78 is 0. The zero-order valence-electron chi connectivity index (χ0n) is 12.5. The van der Waals surface area contributed by atoms with Gasteiger partial charge in [0.15, 0.2) is 5.41 Å². The molecule has 26 heavy (non-hydrogen) atoms. The number of carboxylic acids is 2. The number of benzene rings is 2. The molecule has 2 rings (SSSR count). The Hall–Kier alpha value is -0.880. The van der Waals surface area contributed by atoms with E-state index in [1.807, 2.05) is 0 Å². The molecule has 0 bridgehead atoms. The van der Waals surface area contributed by atoms with Crippen molar-refractivity contribution in [2.24, 2.45) is 0 Å². The van der Waals surface area contributed by atoms with Crippen molar-refractivity contribution < 1.29 is 19.8 Å². The summed E-state index contributed by atoms with van der Waals surface area (Å²) in [6.45, 7) is 0. The van der Waals surface area contributed by atoms with Gasteiger partial charge in [0.2, 0.25) is 0 Å². The maximum absolute atomic E-state index is 12.1. The van der Waals surface area contributed by atoms with Crippen LogP contribution >= 0.6 is 69.6 Å². The molecule has 0 spiro atoms. The van der Waals surface area contributed by atoms with E-state index in [9.17, 15) is 19.8 Å². The topological polar surface area (TPSA) is 74.6 Å². The molecule has 0 heterocycles. The fraction of sp³-hybridized carbons (Fsp3) is 0.125. The van der Waals surface area contributed by atoms with E-state index in [0.717, 1.165) is 0 Å². The van der Waals surface area contributed by atoms with Gasteiger partial charge < -0.3 is 10.2 Å². The number of rotatable bonds is 5. The lowest BCUT2D eigenvalue weighted by atomic mass is 9.75. The van der Waals surface area contributed by atoms with Gasteiger partial charge in [0.1, 0.15) is 0 Å². The summed E-state index contributed by atoms with van der Waals surface area (Å²) in [4.78, 5) is 24.2. The first kappa shape index (κ1) is 21.4. The highest BCUT2D eigenvalue weighted by molar-refractivity contribution is 6.41. The van der Waals surface area contributed by atoms with E-state index in [2.05, 4.69) is 0 Å². The number of hydrogen-bond donors (Lipinski definition) is 2. The second kappa shape index (κ2) is 8.01. The lowest BCUT2D eigenvalue weighted by Gasteiger charge is -2.28. The molecule has 0 amide bonds. The number of halogens is 6. The molecule has 0 aliphatic heterocycles. The fourth-order valence-corrected chi connectivity index (χ4v) is 4.59. The van der Waals surface area contributed by atoms with Crippen LogP contribution in [-0.4, -0.2) is 22.2 Å². The number of carboxylic acid groups (broad SMARTS) is 2. The molecule has 0 aliphatic rings. The van der Waals surface area contributed by atoms with Crippen LogP contribution in [0.4, 0.5) is 0 Å². The molecule has 138 valence electrons. The molecule has 0 aromatic heterocycles. The third-order valence-corrected chi connectivity index (χ3v) is 5.42. The highest BCUT2D eigenvalue weighted by Gasteiger charge is 2.51. The minimum Gasteiger partial charge on any atom is -0.480 e. The Morgan fingerprint density at radius 1 is 0.731 bits per heavy atom. The summed E-state index contributed by atoms with van der Waals surface area (Å²) in [6, 6.07) is 5.06. The van der Waals surface area contributed by atoms with E-state index < -0.39 is 23.8 Å². The second-order valence-electron chi connectivity index (χ2n) is 5.28. The lowest BCUT2D eigenvalue weighted by molar-refractivity contribution is -0.157. The lowest BCUT2D eigenvalue weighted by Crippen LogP contribution is -2.46. The number of carbonyl (C=O) groups is 2. The van der Waals surface area contributed by atoms with Crippen LogP contribution in [0, 0.1) is 0 Å². The Morgan fingerprint density at radius 3 is 1.42 bits per heavy atom. The monoisotopic (exact) mass is 474 g/mol. The molecular formula is C16H8Cl6O4. The van der Waals surface area contributed by atoms with E-state index in [0.29, 0.717) is 0 Å². The van der Waals surface area contributed by atoms with Crippen LogP contribution in [-0.2, 0) is 21.4 Å². The van der Waals surface area contributed by atoms with Crippen molar-refractivity contribution in [3.05, 3.63) is 65.5 Å². The molecule has 2 N–H and O–H groups in total. The van der Waals surface area contributed by atoms with Gasteiger partial charge in [-0.2, -0.15) is 0 Å². The standard InChI is InChI=1S/C16H8Cl6O4/c17-6-1-9(19)8(10(20)2-6)5-16(14(23)24,15(25)26)13-11(21)3-7(18)4-12(13)22/h1-4H,5H2,(H,23,24)(H,25,26). The van der Waals surface area contributed by atoms with Crippen LogP contribution in [0.2, 0.25) is 30.1 Å². The van der Waals surface area contributed by atoms with Crippen molar-refractivity contribution in [1.82, 2.24) is 0 Å². The zero-order chi connectivity index (χ0) is 19.8. The normalized spacial score (nSPS) is 11.5. The van der Waals surface area contributed by atoms with E-state index in [1.54, 1.807) is 0 Å². The molecule has 0 unspecified atom stereocenters. The molecular weight excluding hydrogens is 469 g/mol. The van der Waals surface area contributed by atoms with Gasteiger partial charge in [0.25, 0.3) is 0 Å². The molecule has 0 aliphatic carbocycles. The number of aliphatic carboxylic acids is 2. The zero-order valence-corrected chi connectivity index (χ0v) is 17.0. The first-order chi connectivity index (χ1) is 12.0. The summed E-state index contributed by atoms with van der Waals surface area (Å²) in [5.41, 5.74) is -2.81. The Labute approximate surface area is 178 Å². The maximum Gasteiger partial charge on any atom is 0.326 e. The second-order valence-corrected chi connectivity index (χ2v) is 7.79. The quantitative estimate of drug-likeness (QED) is 0.500. The predicted molar refractivity (Wildman–Crippen MR) is 104 cm³/mol. The van der Waals surface area contributed by atoms with Gasteiger partial charge in [0.05, 0.1) is 0 Å². The van der Waals surface area contributed by atoms with E-state index in [-0.39, 0.29) is 41.3 Å². The van der Waals surface area contributed by atoms with Crippen LogP contribution in [0.1, 0.15) is 11.1 Å².